The average Bonchev–Trinajstić information content (AvgIpc) is 2.94. The molecule has 6 nitrogen and oxygen atoms in total. The molecule has 6 heteroatoms. The minimum absolute atomic E-state index is 0.0671. The summed E-state index contributed by atoms with van der Waals surface area (Å²) in [6.07, 6.45) is 3.83. The molecule has 0 aromatic carbocycles. The van der Waals surface area contributed by atoms with Gasteiger partial charge in [0.1, 0.15) is 6.04 Å². The van der Waals surface area contributed by atoms with E-state index < -0.39 is 5.41 Å². The van der Waals surface area contributed by atoms with Crippen LogP contribution < -0.4 is 10.6 Å². The first-order valence-electron chi connectivity index (χ1n) is 7.36. The Balaban J connectivity index is 1.92. The van der Waals surface area contributed by atoms with Gasteiger partial charge < -0.3 is 20.3 Å². The molecule has 0 spiro atoms. The summed E-state index contributed by atoms with van der Waals surface area (Å²) in [5.74, 6) is 0.0608. The summed E-state index contributed by atoms with van der Waals surface area (Å²) < 4.78 is 5.29. The number of hydrogen-bond donors (Lipinski definition) is 2. The molecule has 1 saturated heterocycles. The quantitative estimate of drug-likeness (QED) is 0.746. The lowest BCUT2D eigenvalue weighted by Gasteiger charge is -2.32. The van der Waals surface area contributed by atoms with Crippen LogP contribution >= 0.6 is 0 Å². The molecular formula is C14H25N3O3. The Morgan fingerprint density at radius 3 is 2.60 bits per heavy atom. The number of morpholine rings is 1. The molecular weight excluding hydrogens is 258 g/mol. The highest BCUT2D eigenvalue weighted by Gasteiger charge is 2.42. The number of ether oxygens (including phenoxy) is 1. The van der Waals surface area contributed by atoms with Crippen molar-refractivity contribution in [3.05, 3.63) is 0 Å². The third-order valence-electron chi connectivity index (χ3n) is 4.26. The van der Waals surface area contributed by atoms with E-state index in [0.717, 1.165) is 25.7 Å². The van der Waals surface area contributed by atoms with Gasteiger partial charge in [-0.1, -0.05) is 12.8 Å². The van der Waals surface area contributed by atoms with Crippen LogP contribution in [0, 0.1) is 5.41 Å². The van der Waals surface area contributed by atoms with Gasteiger partial charge in [-0.05, 0) is 12.8 Å². The van der Waals surface area contributed by atoms with Crippen molar-refractivity contribution in [3.63, 3.8) is 0 Å². The molecule has 1 aliphatic carbocycles. The number of hydrogen-bond acceptors (Lipinski definition) is 4. The molecule has 1 heterocycles. The van der Waals surface area contributed by atoms with Gasteiger partial charge in [0.15, 0.2) is 0 Å². The van der Waals surface area contributed by atoms with Gasteiger partial charge >= 0.3 is 0 Å². The Labute approximate surface area is 120 Å². The predicted molar refractivity (Wildman–Crippen MR) is 75.2 cm³/mol. The first-order valence-corrected chi connectivity index (χ1v) is 7.36. The van der Waals surface area contributed by atoms with Crippen LogP contribution in [0.15, 0.2) is 0 Å². The normalized spacial score (nSPS) is 25.2. The van der Waals surface area contributed by atoms with Crippen LogP contribution in [0.4, 0.5) is 0 Å². The zero-order chi connectivity index (χ0) is 14.6. The second-order valence-corrected chi connectivity index (χ2v) is 5.99. The highest BCUT2D eigenvalue weighted by atomic mass is 16.5. The van der Waals surface area contributed by atoms with Crippen LogP contribution in [0.2, 0.25) is 0 Å². The van der Waals surface area contributed by atoms with E-state index in [1.807, 2.05) is 0 Å². The van der Waals surface area contributed by atoms with Gasteiger partial charge in [-0.25, -0.2) is 0 Å². The molecule has 1 aliphatic heterocycles. The second kappa shape index (κ2) is 6.54. The largest absolute Gasteiger partial charge is 0.378 e. The Morgan fingerprint density at radius 2 is 2.05 bits per heavy atom. The fraction of sp³-hybridized carbons (Fsp3) is 0.857. The number of carbonyl (C=O) groups is 2. The van der Waals surface area contributed by atoms with Crippen molar-refractivity contribution >= 4 is 11.8 Å². The minimum Gasteiger partial charge on any atom is -0.378 e. The molecule has 1 unspecified atom stereocenters. The maximum absolute atomic E-state index is 12.4. The zero-order valence-corrected chi connectivity index (χ0v) is 12.4. The third kappa shape index (κ3) is 3.30. The summed E-state index contributed by atoms with van der Waals surface area (Å²) in [6, 6.07) is -0.295. The molecule has 0 aromatic heterocycles. The molecule has 2 aliphatic rings. The van der Waals surface area contributed by atoms with Gasteiger partial charge in [0.25, 0.3) is 0 Å². The molecule has 114 valence electrons. The van der Waals surface area contributed by atoms with Crippen LogP contribution in [0.25, 0.3) is 0 Å². The van der Waals surface area contributed by atoms with Gasteiger partial charge in [0.2, 0.25) is 11.8 Å². The van der Waals surface area contributed by atoms with Gasteiger partial charge in [-0.2, -0.15) is 0 Å². The summed E-state index contributed by atoms with van der Waals surface area (Å²) in [5.41, 5.74) is -0.408. The molecule has 2 fully saturated rings. The molecule has 2 rings (SSSR count). The maximum atomic E-state index is 12.4. The van der Waals surface area contributed by atoms with Crippen LogP contribution in [0.1, 0.15) is 25.7 Å². The number of nitrogens with one attached hydrogen (secondary N) is 2. The Hall–Kier alpha value is -1.14. The lowest BCUT2D eigenvalue weighted by molar-refractivity contribution is -0.139. The molecule has 1 saturated carbocycles. The highest BCUT2D eigenvalue weighted by molar-refractivity contribution is 5.85. The number of carbonyl (C=O) groups excluding carboxylic acids is 2. The van der Waals surface area contributed by atoms with E-state index in [4.69, 9.17) is 4.74 Å². The number of nitrogens with zero attached hydrogens (tertiary/aromatic N) is 1. The maximum Gasteiger partial charge on any atom is 0.239 e. The summed E-state index contributed by atoms with van der Waals surface area (Å²) >= 11 is 0. The summed E-state index contributed by atoms with van der Waals surface area (Å²) in [7, 11) is 3.56. The van der Waals surface area contributed by atoms with Crippen LogP contribution in [-0.2, 0) is 14.3 Å². The lowest BCUT2D eigenvalue weighted by Crippen LogP contribution is -2.54. The molecule has 0 aromatic rings. The van der Waals surface area contributed by atoms with Crippen LogP contribution in [0.3, 0.4) is 0 Å². The second-order valence-electron chi connectivity index (χ2n) is 5.99. The third-order valence-corrected chi connectivity index (χ3v) is 4.26. The van der Waals surface area contributed by atoms with Crippen molar-refractivity contribution in [3.8, 4) is 0 Å². The average molecular weight is 283 g/mol. The molecule has 20 heavy (non-hydrogen) atoms. The number of amides is 2. The Morgan fingerprint density at radius 1 is 1.35 bits per heavy atom. The van der Waals surface area contributed by atoms with E-state index in [1.165, 1.54) is 0 Å². The van der Waals surface area contributed by atoms with Crippen molar-refractivity contribution in [2.75, 3.05) is 40.4 Å². The molecule has 2 N–H and O–H groups in total. The van der Waals surface area contributed by atoms with Gasteiger partial charge in [-0.15, -0.1) is 0 Å². The monoisotopic (exact) mass is 283 g/mol. The smallest absolute Gasteiger partial charge is 0.239 e. The molecule has 1 atom stereocenters. The molecule has 0 bridgehead atoms. The van der Waals surface area contributed by atoms with Crippen LogP contribution in [0.5, 0.6) is 0 Å². The van der Waals surface area contributed by atoms with Crippen molar-refractivity contribution in [1.82, 2.24) is 15.5 Å². The van der Waals surface area contributed by atoms with E-state index in [9.17, 15) is 9.59 Å². The lowest BCUT2D eigenvalue weighted by atomic mass is 9.84. The first-order chi connectivity index (χ1) is 9.55. The van der Waals surface area contributed by atoms with E-state index in [1.54, 1.807) is 19.0 Å². The van der Waals surface area contributed by atoms with Crippen LogP contribution in [-0.4, -0.2) is 63.2 Å². The van der Waals surface area contributed by atoms with E-state index in [-0.39, 0.29) is 17.9 Å². The highest BCUT2D eigenvalue weighted by Crippen LogP contribution is 2.38. The fourth-order valence-electron chi connectivity index (χ4n) is 3.11. The van der Waals surface area contributed by atoms with Gasteiger partial charge in [-0.3, -0.25) is 9.59 Å². The standard InChI is InChI=1S/C14H25N3O3/c1-17(2)13(19)14(5-3-4-6-14)10-16-12(18)11-9-20-8-7-15-11/h11,15H,3-10H2,1-2H3,(H,16,18). The van der Waals surface area contributed by atoms with E-state index in [2.05, 4.69) is 10.6 Å². The van der Waals surface area contributed by atoms with E-state index in [0.29, 0.717) is 26.3 Å². The van der Waals surface area contributed by atoms with Crippen molar-refractivity contribution in [2.45, 2.75) is 31.7 Å². The molecule has 0 radical (unpaired) electrons. The SMILES string of the molecule is CN(C)C(=O)C1(CNC(=O)C2COCCN2)CCCC1. The summed E-state index contributed by atoms with van der Waals surface area (Å²) in [4.78, 5) is 26.1. The van der Waals surface area contributed by atoms with Gasteiger partial charge in [0.05, 0.1) is 18.6 Å². The minimum atomic E-state index is -0.408. The number of rotatable bonds is 4. The Kier molecular flexibility index (Phi) is 4.99. The fourth-order valence-corrected chi connectivity index (χ4v) is 3.11. The van der Waals surface area contributed by atoms with Crippen molar-refractivity contribution in [1.29, 1.82) is 0 Å². The summed E-state index contributed by atoms with van der Waals surface area (Å²) in [6.45, 7) is 2.17. The van der Waals surface area contributed by atoms with Crippen molar-refractivity contribution in [2.24, 2.45) is 5.41 Å². The summed E-state index contributed by atoms with van der Waals surface area (Å²) in [5, 5.41) is 6.07. The predicted octanol–water partition coefficient (Wildman–Crippen LogP) is -0.260. The topological polar surface area (TPSA) is 70.7 Å². The zero-order valence-electron chi connectivity index (χ0n) is 12.4. The van der Waals surface area contributed by atoms with Gasteiger partial charge in [0, 0.05) is 27.2 Å². The first kappa shape index (κ1) is 15.3. The Bertz CT molecular complexity index is 359. The van der Waals surface area contributed by atoms with E-state index >= 15 is 0 Å². The van der Waals surface area contributed by atoms with Crippen molar-refractivity contribution < 1.29 is 14.3 Å². The molecule has 2 amide bonds.